The van der Waals surface area contributed by atoms with Crippen LogP contribution >= 0.6 is 0 Å². The van der Waals surface area contributed by atoms with Gasteiger partial charge in [0.25, 0.3) is 0 Å². The predicted octanol–water partition coefficient (Wildman–Crippen LogP) is 6.51. The molecule has 2 saturated heterocycles. The van der Waals surface area contributed by atoms with Gasteiger partial charge in [0.15, 0.2) is 0 Å². The number of imidazole rings is 2. The number of carbonyl (C=O) groups is 3. The average molecular weight is 730 g/mol. The Morgan fingerprint density at radius 2 is 1.43 bits per heavy atom. The van der Waals surface area contributed by atoms with Crippen LogP contribution in [0.4, 0.5) is 4.79 Å². The first kappa shape index (κ1) is 35.5. The first-order valence-electron chi connectivity index (χ1n) is 19.0. The number of hydrogen-bond acceptors (Lipinski definition) is 8. The van der Waals surface area contributed by atoms with Gasteiger partial charge in [-0.3, -0.25) is 9.59 Å². The van der Waals surface area contributed by atoms with E-state index in [-0.39, 0.29) is 35.9 Å². The molecule has 3 atom stereocenters. The number of aromatic nitrogens is 5. The summed E-state index contributed by atoms with van der Waals surface area (Å²) in [6.45, 7) is 9.57. The Morgan fingerprint density at radius 1 is 0.796 bits per heavy atom. The minimum atomic E-state index is -0.689. The molecule has 6 aromatic rings. The van der Waals surface area contributed by atoms with Crippen LogP contribution in [0.2, 0.25) is 0 Å². The van der Waals surface area contributed by atoms with E-state index in [2.05, 4.69) is 50.9 Å². The van der Waals surface area contributed by atoms with Crippen molar-refractivity contribution in [1.29, 1.82) is 0 Å². The van der Waals surface area contributed by atoms with E-state index in [1.54, 1.807) is 0 Å². The Hall–Kier alpha value is -5.56. The van der Waals surface area contributed by atoms with E-state index in [1.165, 1.54) is 7.11 Å². The van der Waals surface area contributed by atoms with Crippen LogP contribution in [0.1, 0.15) is 77.1 Å². The number of ether oxygens (including phenoxy) is 1. The van der Waals surface area contributed by atoms with Crippen molar-refractivity contribution in [2.24, 2.45) is 5.92 Å². The van der Waals surface area contributed by atoms with Crippen molar-refractivity contribution in [1.82, 2.24) is 45.4 Å². The maximum Gasteiger partial charge on any atom is 0.407 e. The molecule has 3 aromatic carbocycles. The molecule has 13 nitrogen and oxygen atoms in total. The number of pyridine rings is 1. The lowest BCUT2D eigenvalue weighted by atomic mass is 10.0. The van der Waals surface area contributed by atoms with Gasteiger partial charge in [-0.15, -0.1) is 0 Å². The molecule has 2 fully saturated rings. The monoisotopic (exact) mass is 729 g/mol. The van der Waals surface area contributed by atoms with Crippen molar-refractivity contribution in [3.05, 3.63) is 66.2 Å². The second kappa shape index (κ2) is 14.3. The normalized spacial score (nSPS) is 18.2. The summed E-state index contributed by atoms with van der Waals surface area (Å²) in [6.07, 6.45) is 2.85. The zero-order valence-electron chi connectivity index (χ0n) is 31.4. The van der Waals surface area contributed by atoms with E-state index in [4.69, 9.17) is 19.7 Å². The third-order valence-corrected chi connectivity index (χ3v) is 10.9. The molecule has 0 saturated carbocycles. The molecule has 0 aliphatic carbocycles. The van der Waals surface area contributed by atoms with Crippen molar-refractivity contribution in [2.75, 3.05) is 26.7 Å². The summed E-state index contributed by atoms with van der Waals surface area (Å²) in [7, 11) is 1.30. The molecule has 280 valence electrons. The number of aromatic amines is 2. The molecule has 8 rings (SSSR count). The molecular weight excluding hydrogens is 683 g/mol. The molecule has 2 aliphatic rings. The van der Waals surface area contributed by atoms with Crippen LogP contribution in [0, 0.1) is 5.92 Å². The van der Waals surface area contributed by atoms with Gasteiger partial charge in [0.05, 0.1) is 59.0 Å². The Balaban J connectivity index is 1.05. The van der Waals surface area contributed by atoms with Crippen LogP contribution in [0.5, 0.6) is 0 Å². The van der Waals surface area contributed by atoms with Gasteiger partial charge in [0.2, 0.25) is 11.8 Å². The average Bonchev–Trinajstić information content (AvgIpc) is 4.00. The summed E-state index contributed by atoms with van der Waals surface area (Å²) in [4.78, 5) is 64.6. The first-order valence-corrected chi connectivity index (χ1v) is 19.0. The second-order valence-electron chi connectivity index (χ2n) is 15.2. The number of benzene rings is 3. The molecule has 0 unspecified atom stereocenters. The lowest BCUT2D eigenvalue weighted by Gasteiger charge is -2.29. The standard InChI is InChI=1S/C41H47N9O4/c1-22(2)35(48-41(53)54-5)40(52)50-19-7-9-33(50)39-44-30-14-11-24-20-25(10-12-26(24)36(30)46-39)28-15-13-27-29(43-28)16-17-31-37(27)47-38(45-31)32-8-6-18-49(32)34(51)21-42-23(3)4/h10-17,20,22-23,32-33,35,42H,6-9,18-19,21H2,1-5H3,(H,44,46)(H,45,47)(H,48,53)/t32-,33-,35+/m0/s1. The third kappa shape index (κ3) is 6.50. The van der Waals surface area contributed by atoms with Gasteiger partial charge in [0.1, 0.15) is 17.7 Å². The summed E-state index contributed by atoms with van der Waals surface area (Å²) in [5.74, 6) is 1.43. The van der Waals surface area contributed by atoms with Crippen LogP contribution in [-0.2, 0) is 14.3 Å². The SMILES string of the molecule is COC(=O)N[C@@H](C(=O)N1CCC[C@H]1c1nc2ccc3cc(-c4ccc5c(ccc6nc([C@@H]7CCCN7C(=O)CNC(C)C)[nH]c65)n4)ccc3c2[nH]1)C(C)C. The van der Waals surface area contributed by atoms with Crippen LogP contribution in [0.15, 0.2) is 54.6 Å². The molecule has 3 amide bonds. The number of rotatable bonds is 9. The number of likely N-dealkylation sites (tertiary alicyclic amines) is 2. The van der Waals surface area contributed by atoms with E-state index < -0.39 is 12.1 Å². The number of nitrogens with zero attached hydrogens (tertiary/aromatic N) is 5. The minimum absolute atomic E-state index is 0.0664. The van der Waals surface area contributed by atoms with Crippen LogP contribution in [0.3, 0.4) is 0 Å². The van der Waals surface area contributed by atoms with E-state index in [1.807, 2.05) is 61.8 Å². The number of nitrogens with one attached hydrogen (secondary N) is 4. The van der Waals surface area contributed by atoms with Crippen molar-refractivity contribution in [2.45, 2.75) is 77.5 Å². The van der Waals surface area contributed by atoms with Gasteiger partial charge < -0.3 is 35.1 Å². The zero-order valence-corrected chi connectivity index (χ0v) is 31.4. The highest BCUT2D eigenvalue weighted by Crippen LogP contribution is 2.36. The predicted molar refractivity (Wildman–Crippen MR) is 209 cm³/mol. The second-order valence-corrected chi connectivity index (χ2v) is 15.2. The van der Waals surface area contributed by atoms with E-state index in [0.717, 1.165) is 98.9 Å². The first-order chi connectivity index (χ1) is 26.1. The number of fused-ring (bicyclic) bond motifs is 6. The largest absolute Gasteiger partial charge is 0.453 e. The number of H-pyrrole nitrogens is 2. The highest BCUT2D eigenvalue weighted by atomic mass is 16.5. The highest BCUT2D eigenvalue weighted by molar-refractivity contribution is 6.06. The van der Waals surface area contributed by atoms with Crippen molar-refractivity contribution >= 4 is 61.6 Å². The Morgan fingerprint density at radius 3 is 2.11 bits per heavy atom. The fraction of sp³-hybridized carbons (Fsp3) is 0.415. The van der Waals surface area contributed by atoms with Gasteiger partial charge in [-0.25, -0.2) is 19.7 Å². The topological polar surface area (TPSA) is 161 Å². The zero-order chi connectivity index (χ0) is 37.7. The number of carbonyl (C=O) groups excluding carboxylic acids is 3. The summed E-state index contributed by atoms with van der Waals surface area (Å²) in [5.41, 5.74) is 6.27. The molecule has 0 radical (unpaired) electrons. The minimum Gasteiger partial charge on any atom is -0.453 e. The molecule has 54 heavy (non-hydrogen) atoms. The van der Waals surface area contributed by atoms with Gasteiger partial charge in [-0.2, -0.15) is 0 Å². The maximum absolute atomic E-state index is 13.7. The Labute approximate surface area is 313 Å². The number of amides is 3. The van der Waals surface area contributed by atoms with Crippen LogP contribution < -0.4 is 10.6 Å². The summed E-state index contributed by atoms with van der Waals surface area (Å²) >= 11 is 0. The quantitative estimate of drug-likeness (QED) is 0.131. The molecule has 3 aromatic heterocycles. The van der Waals surface area contributed by atoms with Crippen molar-refractivity contribution < 1.29 is 19.1 Å². The smallest absolute Gasteiger partial charge is 0.407 e. The fourth-order valence-corrected chi connectivity index (χ4v) is 8.10. The molecule has 13 heteroatoms. The van der Waals surface area contributed by atoms with Crippen molar-refractivity contribution in [3.8, 4) is 11.3 Å². The summed E-state index contributed by atoms with van der Waals surface area (Å²) in [6, 6.07) is 17.8. The van der Waals surface area contributed by atoms with Gasteiger partial charge in [-0.05, 0) is 73.4 Å². The summed E-state index contributed by atoms with van der Waals surface area (Å²) < 4.78 is 4.78. The Kier molecular flexibility index (Phi) is 9.43. The molecule has 4 N–H and O–H groups in total. The number of methoxy groups -OCH3 is 1. The molecular formula is C41H47N9O4. The lowest BCUT2D eigenvalue weighted by molar-refractivity contribution is -0.135. The number of hydrogen-bond donors (Lipinski definition) is 4. The van der Waals surface area contributed by atoms with Gasteiger partial charge >= 0.3 is 6.09 Å². The maximum atomic E-state index is 13.7. The fourth-order valence-electron chi connectivity index (χ4n) is 8.10. The van der Waals surface area contributed by atoms with Crippen molar-refractivity contribution in [3.63, 3.8) is 0 Å². The van der Waals surface area contributed by atoms with Gasteiger partial charge in [-0.1, -0.05) is 45.9 Å². The van der Waals surface area contributed by atoms with E-state index >= 15 is 0 Å². The summed E-state index contributed by atoms with van der Waals surface area (Å²) in [5, 5.41) is 9.03. The van der Waals surface area contributed by atoms with Crippen LogP contribution in [0.25, 0.3) is 55.0 Å². The molecule has 2 aliphatic heterocycles. The molecule has 0 spiro atoms. The van der Waals surface area contributed by atoms with Gasteiger partial charge in [0, 0.05) is 35.5 Å². The molecule has 0 bridgehead atoms. The highest BCUT2D eigenvalue weighted by Gasteiger charge is 2.38. The lowest BCUT2D eigenvalue weighted by Crippen LogP contribution is -2.51. The van der Waals surface area contributed by atoms with E-state index in [9.17, 15) is 14.4 Å². The molecule has 5 heterocycles. The van der Waals surface area contributed by atoms with E-state index in [0.29, 0.717) is 13.1 Å². The van der Waals surface area contributed by atoms with Crippen LogP contribution in [-0.4, -0.2) is 91.5 Å². The number of alkyl carbamates (subject to hydrolysis) is 1. The third-order valence-electron chi connectivity index (χ3n) is 10.9. The Bertz CT molecular complexity index is 2400.